The minimum atomic E-state index is -0.396. The van der Waals surface area contributed by atoms with Crippen molar-refractivity contribution in [1.82, 2.24) is 15.1 Å². The SMILES string of the molecule is O=C(Nc1ccc2[nH]ncc2c1)N1CC[C@@H](O)C1. The zero-order valence-corrected chi connectivity index (χ0v) is 9.76. The maximum atomic E-state index is 11.9. The van der Waals surface area contributed by atoms with E-state index in [2.05, 4.69) is 15.5 Å². The summed E-state index contributed by atoms with van der Waals surface area (Å²) in [5.74, 6) is 0. The van der Waals surface area contributed by atoms with Crippen LogP contribution in [0.25, 0.3) is 10.9 Å². The number of carbonyl (C=O) groups is 1. The minimum absolute atomic E-state index is 0.172. The van der Waals surface area contributed by atoms with Gasteiger partial charge in [0, 0.05) is 24.2 Å². The highest BCUT2D eigenvalue weighted by Gasteiger charge is 2.24. The van der Waals surface area contributed by atoms with Crippen molar-refractivity contribution in [2.75, 3.05) is 18.4 Å². The number of rotatable bonds is 1. The zero-order valence-electron chi connectivity index (χ0n) is 9.76. The van der Waals surface area contributed by atoms with Gasteiger partial charge in [-0.15, -0.1) is 0 Å². The second-order valence-electron chi connectivity index (χ2n) is 4.49. The fraction of sp³-hybridized carbons (Fsp3) is 0.333. The molecule has 3 rings (SSSR count). The zero-order chi connectivity index (χ0) is 12.5. The average molecular weight is 246 g/mol. The van der Waals surface area contributed by atoms with Gasteiger partial charge in [0.25, 0.3) is 0 Å². The van der Waals surface area contributed by atoms with Crippen LogP contribution >= 0.6 is 0 Å². The monoisotopic (exact) mass is 246 g/mol. The fourth-order valence-electron chi connectivity index (χ4n) is 2.15. The molecule has 0 radical (unpaired) electrons. The first-order valence-electron chi connectivity index (χ1n) is 5.89. The Morgan fingerprint density at radius 2 is 2.44 bits per heavy atom. The van der Waals surface area contributed by atoms with E-state index in [4.69, 9.17) is 0 Å². The molecular weight excluding hydrogens is 232 g/mol. The first kappa shape index (κ1) is 11.0. The summed E-state index contributed by atoms with van der Waals surface area (Å²) in [4.78, 5) is 13.5. The molecule has 3 N–H and O–H groups in total. The lowest BCUT2D eigenvalue weighted by molar-refractivity contribution is 0.176. The number of carbonyl (C=O) groups excluding carboxylic acids is 1. The van der Waals surface area contributed by atoms with Crippen LogP contribution in [0.2, 0.25) is 0 Å². The van der Waals surface area contributed by atoms with Gasteiger partial charge in [-0.1, -0.05) is 0 Å². The van der Waals surface area contributed by atoms with Gasteiger partial charge in [-0.05, 0) is 24.6 Å². The molecular formula is C12H14N4O2. The number of urea groups is 1. The van der Waals surface area contributed by atoms with Crippen molar-refractivity contribution in [3.63, 3.8) is 0 Å². The number of aromatic nitrogens is 2. The van der Waals surface area contributed by atoms with Crippen LogP contribution < -0.4 is 5.32 Å². The number of hydrogen-bond acceptors (Lipinski definition) is 3. The summed E-state index contributed by atoms with van der Waals surface area (Å²) in [6.07, 6.45) is 1.96. The molecule has 1 fully saturated rings. The molecule has 18 heavy (non-hydrogen) atoms. The molecule has 2 aromatic rings. The van der Waals surface area contributed by atoms with Crippen LogP contribution in [0.4, 0.5) is 10.5 Å². The standard InChI is InChI=1S/C12H14N4O2/c17-10-3-4-16(7-10)12(18)14-9-1-2-11-8(5-9)6-13-15-11/h1-2,5-6,10,17H,3-4,7H2,(H,13,15)(H,14,18)/t10-/m1/s1. The molecule has 1 saturated heterocycles. The van der Waals surface area contributed by atoms with E-state index < -0.39 is 6.10 Å². The van der Waals surface area contributed by atoms with E-state index in [1.54, 1.807) is 11.1 Å². The highest BCUT2D eigenvalue weighted by atomic mass is 16.3. The highest BCUT2D eigenvalue weighted by Crippen LogP contribution is 2.18. The molecule has 1 aromatic carbocycles. The molecule has 1 aliphatic rings. The van der Waals surface area contributed by atoms with E-state index in [-0.39, 0.29) is 6.03 Å². The molecule has 94 valence electrons. The third-order valence-corrected chi connectivity index (χ3v) is 3.14. The van der Waals surface area contributed by atoms with Crippen LogP contribution in [0.5, 0.6) is 0 Å². The number of fused-ring (bicyclic) bond motifs is 1. The molecule has 1 aromatic heterocycles. The van der Waals surface area contributed by atoms with E-state index in [0.29, 0.717) is 19.5 Å². The van der Waals surface area contributed by atoms with Crippen molar-refractivity contribution >= 4 is 22.6 Å². The number of benzene rings is 1. The van der Waals surface area contributed by atoms with Crippen LogP contribution in [-0.4, -0.2) is 45.4 Å². The molecule has 2 heterocycles. The van der Waals surface area contributed by atoms with Gasteiger partial charge in [0.05, 0.1) is 17.8 Å². The minimum Gasteiger partial charge on any atom is -0.391 e. The summed E-state index contributed by atoms with van der Waals surface area (Å²) in [7, 11) is 0. The summed E-state index contributed by atoms with van der Waals surface area (Å²) in [6.45, 7) is 1.00. The van der Waals surface area contributed by atoms with Crippen molar-refractivity contribution in [3.8, 4) is 0 Å². The first-order valence-corrected chi connectivity index (χ1v) is 5.89. The third kappa shape index (κ3) is 2.02. The summed E-state index contributed by atoms with van der Waals surface area (Å²) >= 11 is 0. The van der Waals surface area contributed by atoms with Crippen LogP contribution in [0.1, 0.15) is 6.42 Å². The first-order chi connectivity index (χ1) is 8.72. The maximum Gasteiger partial charge on any atom is 0.321 e. The third-order valence-electron chi connectivity index (χ3n) is 3.14. The fourth-order valence-corrected chi connectivity index (χ4v) is 2.15. The lowest BCUT2D eigenvalue weighted by Gasteiger charge is -2.16. The Morgan fingerprint density at radius 3 is 3.22 bits per heavy atom. The normalized spacial score (nSPS) is 19.4. The van der Waals surface area contributed by atoms with E-state index in [1.165, 1.54) is 0 Å². The van der Waals surface area contributed by atoms with Crippen LogP contribution in [0.15, 0.2) is 24.4 Å². The van der Waals surface area contributed by atoms with Gasteiger partial charge in [-0.2, -0.15) is 5.10 Å². The maximum absolute atomic E-state index is 11.9. The lowest BCUT2D eigenvalue weighted by atomic mass is 10.2. The van der Waals surface area contributed by atoms with Gasteiger partial charge in [-0.3, -0.25) is 5.10 Å². The van der Waals surface area contributed by atoms with E-state index >= 15 is 0 Å². The molecule has 0 bridgehead atoms. The number of amides is 2. The Labute approximate surface area is 104 Å². The topological polar surface area (TPSA) is 81.2 Å². The number of aromatic amines is 1. The van der Waals surface area contributed by atoms with Crippen LogP contribution in [0, 0.1) is 0 Å². The number of aliphatic hydroxyl groups excluding tert-OH is 1. The molecule has 0 saturated carbocycles. The van der Waals surface area contributed by atoms with Crippen molar-refractivity contribution in [2.24, 2.45) is 0 Å². The Morgan fingerprint density at radius 1 is 1.56 bits per heavy atom. The van der Waals surface area contributed by atoms with Gasteiger partial charge in [-0.25, -0.2) is 4.79 Å². The quantitative estimate of drug-likeness (QED) is 0.706. The molecule has 6 heteroatoms. The van der Waals surface area contributed by atoms with Crippen LogP contribution in [-0.2, 0) is 0 Å². The molecule has 2 amide bonds. The number of β-amino-alcohol motifs (C(OH)–C–C–N with tert-alkyl or cyclic N) is 1. The van der Waals surface area contributed by atoms with Gasteiger partial charge in [0.1, 0.15) is 0 Å². The Balaban J connectivity index is 1.73. The molecule has 1 atom stereocenters. The number of anilines is 1. The summed E-state index contributed by atoms with van der Waals surface area (Å²) in [6, 6.07) is 5.39. The Hall–Kier alpha value is -2.08. The number of aliphatic hydroxyl groups is 1. The predicted molar refractivity (Wildman–Crippen MR) is 67.3 cm³/mol. The Bertz CT molecular complexity index is 580. The molecule has 0 aliphatic carbocycles. The number of nitrogens with one attached hydrogen (secondary N) is 2. The number of likely N-dealkylation sites (tertiary alicyclic amines) is 1. The predicted octanol–water partition coefficient (Wildman–Crippen LogP) is 1.16. The Kier molecular flexibility index (Phi) is 2.64. The second-order valence-corrected chi connectivity index (χ2v) is 4.49. The summed E-state index contributed by atoms with van der Waals surface area (Å²) < 4.78 is 0. The molecule has 1 aliphatic heterocycles. The van der Waals surface area contributed by atoms with Crippen molar-refractivity contribution in [1.29, 1.82) is 0 Å². The molecule has 0 unspecified atom stereocenters. The van der Waals surface area contributed by atoms with Crippen molar-refractivity contribution < 1.29 is 9.90 Å². The number of nitrogens with zero attached hydrogens (tertiary/aromatic N) is 2. The van der Waals surface area contributed by atoms with E-state index in [9.17, 15) is 9.90 Å². The second kappa shape index (κ2) is 4.30. The highest BCUT2D eigenvalue weighted by molar-refractivity contribution is 5.92. The van der Waals surface area contributed by atoms with Crippen LogP contribution in [0.3, 0.4) is 0 Å². The smallest absolute Gasteiger partial charge is 0.321 e. The average Bonchev–Trinajstić information content (AvgIpc) is 2.96. The number of H-pyrrole nitrogens is 1. The number of hydrogen-bond donors (Lipinski definition) is 3. The van der Waals surface area contributed by atoms with E-state index in [0.717, 1.165) is 16.6 Å². The van der Waals surface area contributed by atoms with Crippen molar-refractivity contribution in [3.05, 3.63) is 24.4 Å². The van der Waals surface area contributed by atoms with E-state index in [1.807, 2.05) is 18.2 Å². The van der Waals surface area contributed by atoms with Gasteiger partial charge >= 0.3 is 6.03 Å². The van der Waals surface area contributed by atoms with Gasteiger partial charge in [0.15, 0.2) is 0 Å². The lowest BCUT2D eigenvalue weighted by Crippen LogP contribution is -2.33. The van der Waals surface area contributed by atoms with Gasteiger partial charge in [0.2, 0.25) is 0 Å². The summed E-state index contributed by atoms with van der Waals surface area (Å²) in [5.41, 5.74) is 1.67. The molecule has 6 nitrogen and oxygen atoms in total. The molecule has 0 spiro atoms. The van der Waals surface area contributed by atoms with Crippen molar-refractivity contribution in [2.45, 2.75) is 12.5 Å². The summed E-state index contributed by atoms with van der Waals surface area (Å²) in [5, 5.41) is 20.0. The van der Waals surface area contributed by atoms with Gasteiger partial charge < -0.3 is 15.3 Å². The largest absolute Gasteiger partial charge is 0.391 e.